The van der Waals surface area contributed by atoms with Crippen molar-refractivity contribution in [3.05, 3.63) is 22.6 Å². The van der Waals surface area contributed by atoms with E-state index in [2.05, 4.69) is 18.8 Å². The normalized spacial score (nSPS) is 10.8. The standard InChI is InChI=1S/C8H8F4N2.C3H8/c1-3-5(8(10,11)12)4(2)14-7(13)6(3)9;1-3-2/h1-2H3,(H2,13,14);3H2,1-2H3. The fraction of sp³-hybridized carbons (Fsp3) is 0.545. The summed E-state index contributed by atoms with van der Waals surface area (Å²) in [7, 11) is 0. The number of alkyl halides is 3. The first-order chi connectivity index (χ1) is 7.66. The number of halogens is 4. The van der Waals surface area contributed by atoms with Gasteiger partial charge in [-0.3, -0.25) is 0 Å². The van der Waals surface area contributed by atoms with E-state index in [1.807, 2.05) is 0 Å². The number of hydrogen-bond donors (Lipinski definition) is 1. The zero-order chi connectivity index (χ0) is 13.8. The summed E-state index contributed by atoms with van der Waals surface area (Å²) in [6.45, 7) is 6.43. The van der Waals surface area contributed by atoms with Crippen LogP contribution in [-0.2, 0) is 6.18 Å². The lowest BCUT2D eigenvalue weighted by atomic mass is 10.1. The number of pyridine rings is 1. The Morgan fingerprint density at radius 2 is 1.59 bits per heavy atom. The van der Waals surface area contributed by atoms with Crippen LogP contribution in [0.15, 0.2) is 0 Å². The molecule has 2 nitrogen and oxygen atoms in total. The van der Waals surface area contributed by atoms with Crippen LogP contribution in [0.1, 0.15) is 37.1 Å². The van der Waals surface area contributed by atoms with Crippen LogP contribution in [-0.4, -0.2) is 4.98 Å². The van der Waals surface area contributed by atoms with E-state index in [1.54, 1.807) is 0 Å². The third-order valence-corrected chi connectivity index (χ3v) is 1.86. The molecule has 6 heteroatoms. The maximum absolute atomic E-state index is 13.0. The zero-order valence-electron chi connectivity index (χ0n) is 10.2. The van der Waals surface area contributed by atoms with Crippen molar-refractivity contribution in [3.63, 3.8) is 0 Å². The van der Waals surface area contributed by atoms with Crippen molar-refractivity contribution in [3.8, 4) is 0 Å². The molecule has 0 spiro atoms. The van der Waals surface area contributed by atoms with Gasteiger partial charge in [-0.2, -0.15) is 13.2 Å². The number of aromatic nitrogens is 1. The molecule has 17 heavy (non-hydrogen) atoms. The molecule has 0 saturated carbocycles. The molecule has 1 heterocycles. The highest BCUT2D eigenvalue weighted by atomic mass is 19.4. The topological polar surface area (TPSA) is 38.9 Å². The molecule has 0 radical (unpaired) electrons. The summed E-state index contributed by atoms with van der Waals surface area (Å²) < 4.78 is 50.1. The first-order valence-electron chi connectivity index (χ1n) is 5.16. The second-order valence-corrected chi connectivity index (χ2v) is 3.60. The van der Waals surface area contributed by atoms with Gasteiger partial charge in [0.05, 0.1) is 11.3 Å². The summed E-state index contributed by atoms with van der Waals surface area (Å²) in [5.74, 6) is -1.61. The molecule has 1 rings (SSSR count). The SMILES string of the molecule is CCC.Cc1nc(N)c(F)c(C)c1C(F)(F)F. The van der Waals surface area contributed by atoms with Crippen LogP contribution < -0.4 is 5.73 Å². The molecule has 0 atom stereocenters. The molecule has 98 valence electrons. The molecule has 0 aromatic carbocycles. The molecular weight excluding hydrogens is 236 g/mol. The largest absolute Gasteiger partial charge is 0.418 e. The molecule has 0 aliphatic carbocycles. The van der Waals surface area contributed by atoms with Gasteiger partial charge in [-0.05, 0) is 13.8 Å². The highest BCUT2D eigenvalue weighted by Crippen LogP contribution is 2.35. The van der Waals surface area contributed by atoms with E-state index in [-0.39, 0.29) is 5.69 Å². The summed E-state index contributed by atoms with van der Waals surface area (Å²) in [5, 5.41) is 0. The molecule has 1 aromatic rings. The van der Waals surface area contributed by atoms with Crippen molar-refractivity contribution in [2.45, 2.75) is 40.3 Å². The van der Waals surface area contributed by atoms with Crippen molar-refractivity contribution in [1.82, 2.24) is 4.98 Å². The van der Waals surface area contributed by atoms with E-state index in [1.165, 1.54) is 6.42 Å². The lowest BCUT2D eigenvalue weighted by Gasteiger charge is -2.13. The highest BCUT2D eigenvalue weighted by molar-refractivity contribution is 5.43. The van der Waals surface area contributed by atoms with Gasteiger partial charge in [-0.1, -0.05) is 20.3 Å². The van der Waals surface area contributed by atoms with Crippen LogP contribution in [0.3, 0.4) is 0 Å². The first kappa shape index (κ1) is 15.7. The number of anilines is 1. The average molecular weight is 252 g/mol. The van der Waals surface area contributed by atoms with E-state index >= 15 is 0 Å². The average Bonchev–Trinajstić information content (AvgIpc) is 2.13. The Hall–Kier alpha value is -1.33. The minimum atomic E-state index is -4.60. The van der Waals surface area contributed by atoms with E-state index in [9.17, 15) is 17.6 Å². The molecule has 0 aliphatic heterocycles. The first-order valence-corrected chi connectivity index (χ1v) is 5.16. The second kappa shape index (κ2) is 5.84. The van der Waals surface area contributed by atoms with E-state index in [4.69, 9.17) is 5.73 Å². The van der Waals surface area contributed by atoms with Crippen LogP contribution in [0.25, 0.3) is 0 Å². The Morgan fingerprint density at radius 1 is 1.18 bits per heavy atom. The van der Waals surface area contributed by atoms with Crippen LogP contribution in [0, 0.1) is 19.7 Å². The van der Waals surface area contributed by atoms with Gasteiger partial charge in [0.15, 0.2) is 11.6 Å². The molecule has 1 aromatic heterocycles. The van der Waals surface area contributed by atoms with Gasteiger partial charge < -0.3 is 5.73 Å². The van der Waals surface area contributed by atoms with Gasteiger partial charge in [0, 0.05) is 5.56 Å². The lowest BCUT2D eigenvalue weighted by Crippen LogP contribution is -2.14. The Balaban J connectivity index is 0.000000770. The molecule has 0 amide bonds. The Morgan fingerprint density at radius 3 is 1.94 bits per heavy atom. The summed E-state index contributed by atoms with van der Waals surface area (Å²) in [5.41, 5.74) is 3.21. The summed E-state index contributed by atoms with van der Waals surface area (Å²) in [4.78, 5) is 3.28. The number of nitrogen functional groups attached to an aromatic ring is 1. The third-order valence-electron chi connectivity index (χ3n) is 1.86. The highest BCUT2D eigenvalue weighted by Gasteiger charge is 2.36. The molecule has 0 saturated heterocycles. The van der Waals surface area contributed by atoms with Gasteiger partial charge in [0.25, 0.3) is 0 Å². The third kappa shape index (κ3) is 3.87. The van der Waals surface area contributed by atoms with Gasteiger partial charge in [-0.15, -0.1) is 0 Å². The number of nitrogens with zero attached hydrogens (tertiary/aromatic N) is 1. The Bertz CT molecular complexity index is 386. The van der Waals surface area contributed by atoms with Crippen LogP contribution >= 0.6 is 0 Å². The van der Waals surface area contributed by atoms with E-state index in [0.29, 0.717) is 0 Å². The molecule has 0 aliphatic rings. The predicted molar refractivity (Wildman–Crippen MR) is 59.0 cm³/mol. The van der Waals surface area contributed by atoms with Crippen molar-refractivity contribution < 1.29 is 17.6 Å². The summed E-state index contributed by atoms with van der Waals surface area (Å²) in [6.07, 6.45) is -3.35. The number of hydrogen-bond acceptors (Lipinski definition) is 2. The van der Waals surface area contributed by atoms with Crippen molar-refractivity contribution in [1.29, 1.82) is 0 Å². The molecular formula is C11H16F4N2. The fourth-order valence-corrected chi connectivity index (χ4v) is 1.28. The van der Waals surface area contributed by atoms with Crippen molar-refractivity contribution in [2.24, 2.45) is 0 Å². The number of rotatable bonds is 0. The fourth-order valence-electron chi connectivity index (χ4n) is 1.28. The quantitative estimate of drug-likeness (QED) is 0.712. The smallest absolute Gasteiger partial charge is 0.381 e. The van der Waals surface area contributed by atoms with Gasteiger partial charge >= 0.3 is 6.18 Å². The minimum Gasteiger partial charge on any atom is -0.381 e. The number of nitrogens with two attached hydrogens (primary N) is 1. The van der Waals surface area contributed by atoms with E-state index < -0.39 is 28.9 Å². The van der Waals surface area contributed by atoms with Crippen LogP contribution in [0.5, 0.6) is 0 Å². The molecule has 0 unspecified atom stereocenters. The number of aryl methyl sites for hydroxylation is 1. The molecule has 0 fully saturated rings. The van der Waals surface area contributed by atoms with E-state index in [0.717, 1.165) is 13.8 Å². The van der Waals surface area contributed by atoms with Gasteiger partial charge in [0.2, 0.25) is 0 Å². The minimum absolute atomic E-state index is 0.311. The molecule has 2 N–H and O–H groups in total. The van der Waals surface area contributed by atoms with Crippen LogP contribution in [0.4, 0.5) is 23.4 Å². The summed E-state index contributed by atoms with van der Waals surface area (Å²) in [6, 6.07) is 0. The monoisotopic (exact) mass is 252 g/mol. The van der Waals surface area contributed by atoms with Crippen molar-refractivity contribution >= 4 is 5.82 Å². The maximum atomic E-state index is 13.0. The summed E-state index contributed by atoms with van der Waals surface area (Å²) >= 11 is 0. The predicted octanol–water partition coefficient (Wildman–Crippen LogP) is 3.85. The van der Waals surface area contributed by atoms with Crippen LogP contribution in [0.2, 0.25) is 0 Å². The second-order valence-electron chi connectivity index (χ2n) is 3.60. The molecule has 0 bridgehead atoms. The Labute approximate surface area is 97.8 Å². The lowest BCUT2D eigenvalue weighted by molar-refractivity contribution is -0.138. The zero-order valence-corrected chi connectivity index (χ0v) is 10.2. The van der Waals surface area contributed by atoms with Crippen molar-refractivity contribution in [2.75, 3.05) is 5.73 Å². The maximum Gasteiger partial charge on any atom is 0.418 e. The van der Waals surface area contributed by atoms with Gasteiger partial charge in [-0.25, -0.2) is 9.37 Å². The Kier molecular flexibility index (Phi) is 5.38. The van der Waals surface area contributed by atoms with Gasteiger partial charge in [0.1, 0.15) is 0 Å².